The number of carbonyl (C=O) groups excluding carboxylic acids is 2. The first kappa shape index (κ1) is 20.8. The summed E-state index contributed by atoms with van der Waals surface area (Å²) in [6.45, 7) is 6.75. The van der Waals surface area contributed by atoms with Gasteiger partial charge in [0, 0.05) is 38.4 Å². The maximum Gasteiger partial charge on any atom is 0.313 e. The molecule has 6 nitrogen and oxygen atoms in total. The van der Waals surface area contributed by atoms with E-state index in [0.29, 0.717) is 6.54 Å². The lowest BCUT2D eigenvalue weighted by molar-refractivity contribution is -0.154. The minimum Gasteiger partial charge on any atom is -0.469 e. The summed E-state index contributed by atoms with van der Waals surface area (Å²) < 4.78 is 5.10. The Morgan fingerprint density at radius 3 is 2.36 bits per heavy atom. The van der Waals surface area contributed by atoms with Crippen LogP contribution in [0, 0.1) is 5.41 Å². The average molecular weight is 388 g/mol. The van der Waals surface area contributed by atoms with Crippen molar-refractivity contribution in [1.82, 2.24) is 9.80 Å². The quantitative estimate of drug-likeness (QED) is 0.729. The third-order valence-corrected chi connectivity index (χ3v) is 6.21. The summed E-state index contributed by atoms with van der Waals surface area (Å²) in [5, 5.41) is 3.05. The van der Waals surface area contributed by atoms with Gasteiger partial charge in [0.05, 0.1) is 19.1 Å². The molecular weight excluding hydrogens is 354 g/mol. The number of rotatable bonds is 7. The maximum absolute atomic E-state index is 12.5. The highest BCUT2D eigenvalue weighted by atomic mass is 16.5. The van der Waals surface area contributed by atoms with Crippen LogP contribution in [0.3, 0.4) is 0 Å². The van der Waals surface area contributed by atoms with Gasteiger partial charge in [-0.05, 0) is 30.9 Å². The number of nitrogens with zero attached hydrogens (tertiary/aromatic N) is 2. The first-order valence-electron chi connectivity index (χ1n) is 10.5. The van der Waals surface area contributed by atoms with Gasteiger partial charge in [0.15, 0.2) is 0 Å². The molecule has 1 aliphatic heterocycles. The Kier molecular flexibility index (Phi) is 7.08. The Balaban J connectivity index is 1.47. The first-order valence-corrected chi connectivity index (χ1v) is 10.5. The van der Waals surface area contributed by atoms with Crippen LogP contribution in [0.25, 0.3) is 0 Å². The van der Waals surface area contributed by atoms with Gasteiger partial charge in [-0.2, -0.15) is 0 Å². The van der Waals surface area contributed by atoms with Crippen LogP contribution in [-0.2, 0) is 20.7 Å². The number of para-hydroxylation sites is 1. The van der Waals surface area contributed by atoms with Gasteiger partial charge < -0.3 is 10.1 Å². The van der Waals surface area contributed by atoms with Crippen LogP contribution in [0.5, 0.6) is 0 Å². The van der Waals surface area contributed by atoms with Gasteiger partial charge >= 0.3 is 5.97 Å². The Bertz CT molecular complexity index is 677. The van der Waals surface area contributed by atoms with E-state index < -0.39 is 0 Å². The molecule has 1 heterocycles. The van der Waals surface area contributed by atoms with E-state index >= 15 is 0 Å². The molecular formula is C22H33N3O3. The molecule has 1 aromatic carbocycles. The topological polar surface area (TPSA) is 61.9 Å². The van der Waals surface area contributed by atoms with Crippen LogP contribution in [0.2, 0.25) is 0 Å². The second-order valence-corrected chi connectivity index (χ2v) is 8.09. The average Bonchev–Trinajstić information content (AvgIpc) is 3.19. The molecule has 0 radical (unpaired) electrons. The molecule has 0 aromatic heterocycles. The van der Waals surface area contributed by atoms with Crippen molar-refractivity contribution in [1.29, 1.82) is 0 Å². The molecule has 154 valence electrons. The smallest absolute Gasteiger partial charge is 0.313 e. The second kappa shape index (κ2) is 9.52. The normalized spacial score (nSPS) is 20.1. The number of carbonyl (C=O) groups is 2. The van der Waals surface area contributed by atoms with Gasteiger partial charge in [0.25, 0.3) is 0 Å². The fourth-order valence-corrected chi connectivity index (χ4v) is 4.57. The molecule has 1 saturated carbocycles. The number of ether oxygens (including phenoxy) is 1. The number of piperazine rings is 1. The molecule has 1 saturated heterocycles. The SMILES string of the molecule is CCc1ccccc1NC(=O)CN1CCN(CC2(C(=O)OC)CCCC2)CC1. The number of methoxy groups -OCH3 is 1. The van der Waals surface area contributed by atoms with Crippen molar-refractivity contribution in [3.05, 3.63) is 29.8 Å². The zero-order chi connectivity index (χ0) is 20.0. The van der Waals surface area contributed by atoms with Crippen molar-refractivity contribution in [3.63, 3.8) is 0 Å². The standard InChI is InChI=1S/C22H33N3O3/c1-3-18-8-4-5-9-19(18)23-20(26)16-24-12-14-25(15-13-24)17-22(21(27)28-2)10-6-7-11-22/h4-5,8-9H,3,6-7,10-17H2,1-2H3,(H,23,26). The van der Waals surface area contributed by atoms with Crippen molar-refractivity contribution in [2.24, 2.45) is 5.41 Å². The van der Waals surface area contributed by atoms with Crippen LogP contribution in [0.4, 0.5) is 5.69 Å². The van der Waals surface area contributed by atoms with E-state index in [1.54, 1.807) is 0 Å². The third-order valence-electron chi connectivity index (χ3n) is 6.21. The third kappa shape index (κ3) is 4.92. The lowest BCUT2D eigenvalue weighted by Crippen LogP contribution is -2.52. The van der Waals surface area contributed by atoms with E-state index in [-0.39, 0.29) is 17.3 Å². The lowest BCUT2D eigenvalue weighted by atomic mass is 9.85. The summed E-state index contributed by atoms with van der Waals surface area (Å²) in [6, 6.07) is 7.96. The van der Waals surface area contributed by atoms with Crippen molar-refractivity contribution < 1.29 is 14.3 Å². The van der Waals surface area contributed by atoms with E-state index in [1.165, 1.54) is 7.11 Å². The molecule has 1 aromatic rings. The highest BCUT2D eigenvalue weighted by molar-refractivity contribution is 5.93. The van der Waals surface area contributed by atoms with Crippen LogP contribution < -0.4 is 5.32 Å². The largest absolute Gasteiger partial charge is 0.469 e. The number of hydrogen-bond acceptors (Lipinski definition) is 5. The van der Waals surface area contributed by atoms with Crippen LogP contribution in [0.15, 0.2) is 24.3 Å². The molecule has 28 heavy (non-hydrogen) atoms. The lowest BCUT2D eigenvalue weighted by Gasteiger charge is -2.38. The van der Waals surface area contributed by atoms with Crippen molar-refractivity contribution in [2.45, 2.75) is 39.0 Å². The van der Waals surface area contributed by atoms with Crippen molar-refractivity contribution in [3.8, 4) is 0 Å². The Labute approximate surface area is 168 Å². The summed E-state index contributed by atoms with van der Waals surface area (Å²) in [4.78, 5) is 29.4. The van der Waals surface area contributed by atoms with Gasteiger partial charge in [-0.15, -0.1) is 0 Å². The van der Waals surface area contributed by atoms with Crippen LogP contribution in [-0.4, -0.2) is 68.1 Å². The molecule has 0 atom stereocenters. The summed E-state index contributed by atoms with van der Waals surface area (Å²) in [6.07, 6.45) is 4.97. The molecule has 1 amide bonds. The van der Waals surface area contributed by atoms with E-state index in [1.807, 2.05) is 18.2 Å². The fourth-order valence-electron chi connectivity index (χ4n) is 4.57. The maximum atomic E-state index is 12.5. The summed E-state index contributed by atoms with van der Waals surface area (Å²) in [5.41, 5.74) is 1.75. The van der Waals surface area contributed by atoms with Crippen molar-refractivity contribution >= 4 is 17.6 Å². The van der Waals surface area contributed by atoms with Gasteiger partial charge in [0.1, 0.15) is 0 Å². The van der Waals surface area contributed by atoms with E-state index in [2.05, 4.69) is 28.1 Å². The fraction of sp³-hybridized carbons (Fsp3) is 0.636. The molecule has 3 rings (SSSR count). The zero-order valence-electron chi connectivity index (χ0n) is 17.2. The molecule has 1 aliphatic carbocycles. The van der Waals surface area contributed by atoms with Gasteiger partial charge in [-0.1, -0.05) is 38.0 Å². The summed E-state index contributed by atoms with van der Waals surface area (Å²) >= 11 is 0. The highest BCUT2D eigenvalue weighted by Gasteiger charge is 2.43. The first-order chi connectivity index (χ1) is 13.6. The number of benzene rings is 1. The number of esters is 1. The Morgan fingerprint density at radius 1 is 1.07 bits per heavy atom. The second-order valence-electron chi connectivity index (χ2n) is 8.09. The Morgan fingerprint density at radius 2 is 1.71 bits per heavy atom. The number of aryl methyl sites for hydroxylation is 1. The number of anilines is 1. The van der Waals surface area contributed by atoms with E-state index in [9.17, 15) is 9.59 Å². The molecule has 0 unspecified atom stereocenters. The summed E-state index contributed by atoms with van der Waals surface area (Å²) in [5.74, 6) is -0.0161. The van der Waals surface area contributed by atoms with Gasteiger partial charge in [0.2, 0.25) is 5.91 Å². The number of amides is 1. The summed E-state index contributed by atoms with van der Waals surface area (Å²) in [7, 11) is 1.50. The van der Waals surface area contributed by atoms with Gasteiger partial charge in [-0.25, -0.2) is 0 Å². The molecule has 2 fully saturated rings. The predicted molar refractivity (Wildman–Crippen MR) is 110 cm³/mol. The minimum atomic E-state index is -0.321. The number of hydrogen-bond donors (Lipinski definition) is 1. The van der Waals surface area contributed by atoms with E-state index in [4.69, 9.17) is 4.74 Å². The molecule has 0 spiro atoms. The molecule has 6 heteroatoms. The predicted octanol–water partition coefficient (Wildman–Crippen LogP) is 2.54. The molecule has 0 bridgehead atoms. The van der Waals surface area contributed by atoms with Crippen molar-refractivity contribution in [2.75, 3.05) is 51.7 Å². The zero-order valence-corrected chi connectivity index (χ0v) is 17.2. The monoisotopic (exact) mass is 387 g/mol. The van der Waals surface area contributed by atoms with Crippen LogP contribution in [0.1, 0.15) is 38.2 Å². The number of nitrogens with one attached hydrogen (secondary N) is 1. The molecule has 1 N–H and O–H groups in total. The minimum absolute atomic E-state index is 0.0381. The Hall–Kier alpha value is -1.92. The molecule has 2 aliphatic rings. The van der Waals surface area contributed by atoms with Gasteiger partial charge in [-0.3, -0.25) is 19.4 Å². The van der Waals surface area contributed by atoms with Crippen LogP contribution >= 0.6 is 0 Å². The van der Waals surface area contributed by atoms with E-state index in [0.717, 1.165) is 76.1 Å². The highest BCUT2D eigenvalue weighted by Crippen LogP contribution is 2.40.